The first-order valence-corrected chi connectivity index (χ1v) is 9.59. The van der Waals surface area contributed by atoms with Crippen LogP contribution in [-0.2, 0) is 14.4 Å². The Bertz CT molecular complexity index is 849. The Kier molecular flexibility index (Phi) is 5.24. The molecule has 10 nitrogen and oxygen atoms in total. The molecule has 3 N–H and O–H groups in total. The maximum Gasteiger partial charge on any atom is 0.322 e. The van der Waals surface area contributed by atoms with Gasteiger partial charge in [0.2, 0.25) is 18.6 Å². The molecule has 0 bridgehead atoms. The van der Waals surface area contributed by atoms with Crippen LogP contribution in [0, 0.1) is 5.92 Å². The van der Waals surface area contributed by atoms with Gasteiger partial charge in [0, 0.05) is 37.2 Å². The zero-order valence-corrected chi connectivity index (χ0v) is 15.7. The van der Waals surface area contributed by atoms with Gasteiger partial charge in [0.15, 0.2) is 11.5 Å². The normalized spacial score (nSPS) is 21.0. The number of nitrogens with zero attached hydrogens (tertiary/aromatic N) is 1. The minimum Gasteiger partial charge on any atom is -0.454 e. The third-order valence-corrected chi connectivity index (χ3v) is 5.36. The van der Waals surface area contributed by atoms with Crippen LogP contribution < -0.4 is 25.4 Å². The molecule has 1 aromatic carbocycles. The Hall–Kier alpha value is -3.30. The van der Waals surface area contributed by atoms with Crippen LogP contribution in [0.25, 0.3) is 0 Å². The topological polar surface area (TPSA) is 126 Å². The number of amides is 5. The standard InChI is InChI=1S/C19H22N4O6/c24-16(4-2-13-18(26)22-19(27)21-13)23-7-5-11(6-8-23)17(25)20-12-1-3-14-15(9-12)29-10-28-14/h1,3,9,11,13H,2,4-8,10H2,(H,20,25)(H2,21,22,26,27)/t13-/m0/s1. The number of fused-ring (bicyclic) bond motifs is 1. The molecule has 10 heteroatoms. The molecular formula is C19H22N4O6. The average molecular weight is 402 g/mol. The monoisotopic (exact) mass is 402 g/mol. The third-order valence-electron chi connectivity index (χ3n) is 5.36. The van der Waals surface area contributed by atoms with Crippen LogP contribution in [0.2, 0.25) is 0 Å². The summed E-state index contributed by atoms with van der Waals surface area (Å²) in [5.41, 5.74) is 0.648. The van der Waals surface area contributed by atoms with E-state index in [1.807, 2.05) is 0 Å². The van der Waals surface area contributed by atoms with Crippen LogP contribution in [0.1, 0.15) is 25.7 Å². The van der Waals surface area contributed by atoms with Crippen LogP contribution in [0.3, 0.4) is 0 Å². The minimum absolute atomic E-state index is 0.0754. The molecule has 1 aromatic rings. The van der Waals surface area contributed by atoms with E-state index < -0.39 is 18.0 Å². The van der Waals surface area contributed by atoms with E-state index >= 15 is 0 Å². The Morgan fingerprint density at radius 3 is 2.62 bits per heavy atom. The van der Waals surface area contributed by atoms with E-state index in [-0.39, 0.29) is 37.4 Å². The molecule has 29 heavy (non-hydrogen) atoms. The zero-order valence-electron chi connectivity index (χ0n) is 15.7. The molecular weight excluding hydrogens is 380 g/mol. The van der Waals surface area contributed by atoms with Crippen molar-refractivity contribution in [2.45, 2.75) is 31.7 Å². The predicted molar refractivity (Wildman–Crippen MR) is 100 cm³/mol. The van der Waals surface area contributed by atoms with Gasteiger partial charge in [-0.1, -0.05) is 0 Å². The van der Waals surface area contributed by atoms with E-state index in [1.54, 1.807) is 23.1 Å². The van der Waals surface area contributed by atoms with Crippen molar-refractivity contribution in [2.75, 3.05) is 25.2 Å². The van der Waals surface area contributed by atoms with Gasteiger partial charge in [0.25, 0.3) is 5.91 Å². The van der Waals surface area contributed by atoms with E-state index in [2.05, 4.69) is 16.0 Å². The molecule has 0 radical (unpaired) electrons. The molecule has 0 aliphatic carbocycles. The number of carbonyl (C=O) groups excluding carboxylic acids is 4. The van der Waals surface area contributed by atoms with Crippen molar-refractivity contribution < 1.29 is 28.7 Å². The molecule has 0 aromatic heterocycles. The molecule has 154 valence electrons. The molecule has 1 atom stereocenters. The lowest BCUT2D eigenvalue weighted by molar-refractivity contribution is -0.134. The maximum atomic E-state index is 12.5. The second kappa shape index (κ2) is 7.98. The van der Waals surface area contributed by atoms with E-state index in [1.165, 1.54) is 0 Å². The Morgan fingerprint density at radius 1 is 1.14 bits per heavy atom. The average Bonchev–Trinajstić information content (AvgIpc) is 3.31. The van der Waals surface area contributed by atoms with Gasteiger partial charge in [-0.25, -0.2) is 4.79 Å². The molecule has 0 unspecified atom stereocenters. The van der Waals surface area contributed by atoms with Gasteiger partial charge in [-0.15, -0.1) is 0 Å². The van der Waals surface area contributed by atoms with Gasteiger partial charge < -0.3 is 25.0 Å². The number of imide groups is 1. The van der Waals surface area contributed by atoms with Crippen molar-refractivity contribution in [3.8, 4) is 11.5 Å². The van der Waals surface area contributed by atoms with Crippen molar-refractivity contribution in [1.82, 2.24) is 15.5 Å². The molecule has 2 fully saturated rings. The number of anilines is 1. The number of likely N-dealkylation sites (tertiary alicyclic amines) is 1. The van der Waals surface area contributed by atoms with Crippen LogP contribution in [-0.4, -0.2) is 54.6 Å². The molecule has 5 amide bonds. The Balaban J connectivity index is 1.22. The van der Waals surface area contributed by atoms with Gasteiger partial charge in [-0.3, -0.25) is 19.7 Å². The van der Waals surface area contributed by atoms with Gasteiger partial charge in [0.1, 0.15) is 6.04 Å². The summed E-state index contributed by atoms with van der Waals surface area (Å²) in [5.74, 6) is 0.528. The first-order valence-electron chi connectivity index (χ1n) is 9.59. The van der Waals surface area contributed by atoms with Crippen LogP contribution in [0.5, 0.6) is 11.5 Å². The first-order chi connectivity index (χ1) is 14.0. The lowest BCUT2D eigenvalue weighted by Gasteiger charge is -2.31. The first kappa shape index (κ1) is 19.0. The fourth-order valence-electron chi connectivity index (χ4n) is 3.70. The molecule has 3 aliphatic heterocycles. The van der Waals surface area contributed by atoms with Crippen molar-refractivity contribution >= 4 is 29.4 Å². The summed E-state index contributed by atoms with van der Waals surface area (Å²) in [7, 11) is 0. The quantitative estimate of drug-likeness (QED) is 0.619. The van der Waals surface area contributed by atoms with Crippen molar-refractivity contribution in [3.63, 3.8) is 0 Å². The van der Waals surface area contributed by atoms with Gasteiger partial charge in [-0.05, 0) is 31.4 Å². The summed E-state index contributed by atoms with van der Waals surface area (Å²) in [5, 5.41) is 7.53. The highest BCUT2D eigenvalue weighted by Crippen LogP contribution is 2.34. The highest BCUT2D eigenvalue weighted by molar-refractivity contribution is 6.04. The number of hydrogen-bond donors (Lipinski definition) is 3. The summed E-state index contributed by atoms with van der Waals surface area (Å²) < 4.78 is 10.6. The van der Waals surface area contributed by atoms with Crippen molar-refractivity contribution in [2.24, 2.45) is 5.92 Å². The zero-order chi connectivity index (χ0) is 20.4. The van der Waals surface area contributed by atoms with Crippen molar-refractivity contribution in [1.29, 1.82) is 0 Å². The SMILES string of the molecule is O=C1NC(=O)[C@H](CCC(=O)N2CCC(C(=O)Nc3ccc4c(c3)OCO4)CC2)N1. The van der Waals surface area contributed by atoms with E-state index in [4.69, 9.17) is 9.47 Å². The molecule has 3 aliphatic rings. The largest absolute Gasteiger partial charge is 0.454 e. The molecule has 4 rings (SSSR count). The lowest BCUT2D eigenvalue weighted by atomic mass is 9.95. The summed E-state index contributed by atoms with van der Waals surface area (Å²) >= 11 is 0. The number of piperidine rings is 1. The highest BCUT2D eigenvalue weighted by Gasteiger charge is 2.31. The Morgan fingerprint density at radius 2 is 1.90 bits per heavy atom. The summed E-state index contributed by atoms with van der Waals surface area (Å²) in [4.78, 5) is 49.3. The Labute approximate surface area is 166 Å². The van der Waals surface area contributed by atoms with Crippen LogP contribution >= 0.6 is 0 Å². The number of benzene rings is 1. The maximum absolute atomic E-state index is 12.5. The minimum atomic E-state index is -0.656. The third kappa shape index (κ3) is 4.25. The van der Waals surface area contributed by atoms with E-state index in [0.717, 1.165) is 0 Å². The number of nitrogens with one attached hydrogen (secondary N) is 3. The summed E-state index contributed by atoms with van der Waals surface area (Å²) in [6.07, 6.45) is 1.58. The van der Waals surface area contributed by atoms with Crippen LogP contribution in [0.4, 0.5) is 10.5 Å². The van der Waals surface area contributed by atoms with E-state index in [9.17, 15) is 19.2 Å². The van der Waals surface area contributed by atoms with Gasteiger partial charge >= 0.3 is 6.03 Å². The summed E-state index contributed by atoms with van der Waals surface area (Å²) in [6.45, 7) is 1.15. The lowest BCUT2D eigenvalue weighted by Crippen LogP contribution is -2.42. The van der Waals surface area contributed by atoms with E-state index in [0.29, 0.717) is 43.1 Å². The second-order valence-electron chi connectivity index (χ2n) is 7.27. The number of ether oxygens (including phenoxy) is 2. The molecule has 2 saturated heterocycles. The van der Waals surface area contributed by atoms with Crippen LogP contribution in [0.15, 0.2) is 18.2 Å². The molecule has 0 spiro atoms. The second-order valence-corrected chi connectivity index (χ2v) is 7.27. The highest BCUT2D eigenvalue weighted by atomic mass is 16.7. The summed E-state index contributed by atoms with van der Waals surface area (Å²) in [6, 6.07) is 4.07. The number of hydrogen-bond acceptors (Lipinski definition) is 6. The number of rotatable bonds is 5. The predicted octanol–water partition coefficient (Wildman–Crippen LogP) is 0.581. The fraction of sp³-hybridized carbons (Fsp3) is 0.474. The fourth-order valence-corrected chi connectivity index (χ4v) is 3.70. The van der Waals surface area contributed by atoms with Gasteiger partial charge in [0.05, 0.1) is 0 Å². The number of carbonyl (C=O) groups is 4. The number of urea groups is 1. The smallest absolute Gasteiger partial charge is 0.322 e. The molecule has 0 saturated carbocycles. The van der Waals surface area contributed by atoms with Crippen molar-refractivity contribution in [3.05, 3.63) is 18.2 Å². The van der Waals surface area contributed by atoms with Gasteiger partial charge in [-0.2, -0.15) is 0 Å². The molecule has 3 heterocycles.